The molecular weight excluding hydrogens is 230 g/mol. The lowest BCUT2D eigenvalue weighted by Crippen LogP contribution is -2.46. The third-order valence-electron chi connectivity index (χ3n) is 2.86. The number of benzene rings is 1. The molecule has 1 aromatic rings. The first-order valence-corrected chi connectivity index (χ1v) is 6.04. The Kier molecular flexibility index (Phi) is 3.94. The van der Waals surface area contributed by atoms with Crippen molar-refractivity contribution in [3.05, 3.63) is 29.8 Å². The third kappa shape index (κ3) is 3.07. The third-order valence-corrected chi connectivity index (χ3v) is 2.86. The van der Waals surface area contributed by atoms with E-state index in [1.54, 1.807) is 24.3 Å². The van der Waals surface area contributed by atoms with Crippen LogP contribution in [0.3, 0.4) is 0 Å². The molecule has 2 N–H and O–H groups in total. The van der Waals surface area contributed by atoms with E-state index in [-0.39, 0.29) is 11.8 Å². The molecule has 1 saturated heterocycles. The minimum atomic E-state index is -0.115. The summed E-state index contributed by atoms with van der Waals surface area (Å²) in [5, 5.41) is 5.89. The number of nitrogens with one attached hydrogen (secondary N) is 2. The van der Waals surface area contributed by atoms with Crippen LogP contribution in [0.25, 0.3) is 0 Å². The van der Waals surface area contributed by atoms with Crippen molar-refractivity contribution in [1.82, 2.24) is 10.2 Å². The van der Waals surface area contributed by atoms with E-state index in [4.69, 9.17) is 0 Å². The van der Waals surface area contributed by atoms with Gasteiger partial charge in [-0.2, -0.15) is 0 Å². The zero-order valence-electron chi connectivity index (χ0n) is 10.4. The van der Waals surface area contributed by atoms with Crippen molar-refractivity contribution in [2.75, 3.05) is 31.5 Å². The van der Waals surface area contributed by atoms with Gasteiger partial charge in [0.2, 0.25) is 5.91 Å². The normalized spacial score (nSPS) is 15.3. The van der Waals surface area contributed by atoms with Crippen molar-refractivity contribution >= 4 is 17.5 Å². The van der Waals surface area contributed by atoms with E-state index in [0.29, 0.717) is 11.3 Å². The number of carbonyl (C=O) groups excluding carboxylic acids is 2. The van der Waals surface area contributed by atoms with Crippen molar-refractivity contribution in [3.63, 3.8) is 0 Å². The lowest BCUT2D eigenvalue weighted by Gasteiger charge is -2.27. The fourth-order valence-electron chi connectivity index (χ4n) is 1.95. The summed E-state index contributed by atoms with van der Waals surface area (Å²) in [4.78, 5) is 24.9. The molecule has 96 valence electrons. The average molecular weight is 247 g/mol. The molecule has 0 spiro atoms. The molecule has 2 amide bonds. The van der Waals surface area contributed by atoms with Gasteiger partial charge in [-0.05, 0) is 24.3 Å². The second-order valence-electron chi connectivity index (χ2n) is 4.30. The maximum Gasteiger partial charge on any atom is 0.253 e. The molecule has 5 heteroatoms. The molecule has 0 atom stereocenters. The van der Waals surface area contributed by atoms with Crippen LogP contribution < -0.4 is 10.6 Å². The molecule has 2 rings (SSSR count). The molecular formula is C13H17N3O2. The summed E-state index contributed by atoms with van der Waals surface area (Å²) in [6.45, 7) is 4.63. The topological polar surface area (TPSA) is 61.4 Å². The fourth-order valence-corrected chi connectivity index (χ4v) is 1.95. The SMILES string of the molecule is CC(=O)Nc1ccc(C(=O)N2CCNCC2)cc1. The zero-order chi connectivity index (χ0) is 13.0. The summed E-state index contributed by atoms with van der Waals surface area (Å²) in [7, 11) is 0. The van der Waals surface area contributed by atoms with Crippen LogP contribution in [0, 0.1) is 0 Å². The van der Waals surface area contributed by atoms with Gasteiger partial charge in [0, 0.05) is 44.4 Å². The Morgan fingerprint density at radius 2 is 1.78 bits per heavy atom. The van der Waals surface area contributed by atoms with E-state index >= 15 is 0 Å². The van der Waals surface area contributed by atoms with Gasteiger partial charge in [-0.15, -0.1) is 0 Å². The molecule has 0 aromatic heterocycles. The number of amides is 2. The molecule has 1 aliphatic rings. The minimum absolute atomic E-state index is 0.0471. The molecule has 0 bridgehead atoms. The lowest BCUT2D eigenvalue weighted by atomic mass is 10.1. The Morgan fingerprint density at radius 3 is 2.33 bits per heavy atom. The Bertz CT molecular complexity index is 436. The molecule has 1 aromatic carbocycles. The summed E-state index contributed by atoms with van der Waals surface area (Å²) in [5.41, 5.74) is 1.37. The van der Waals surface area contributed by atoms with Crippen molar-refractivity contribution in [2.24, 2.45) is 0 Å². The number of nitrogens with zero attached hydrogens (tertiary/aromatic N) is 1. The number of hydrogen-bond acceptors (Lipinski definition) is 3. The van der Waals surface area contributed by atoms with E-state index in [2.05, 4.69) is 10.6 Å². The molecule has 0 radical (unpaired) electrons. The van der Waals surface area contributed by atoms with Gasteiger partial charge in [-0.25, -0.2) is 0 Å². The van der Waals surface area contributed by atoms with Crippen LogP contribution in [-0.2, 0) is 4.79 Å². The van der Waals surface area contributed by atoms with Gasteiger partial charge >= 0.3 is 0 Å². The molecule has 1 heterocycles. The number of anilines is 1. The van der Waals surface area contributed by atoms with Crippen LogP contribution in [0.4, 0.5) is 5.69 Å². The highest BCUT2D eigenvalue weighted by molar-refractivity contribution is 5.95. The zero-order valence-corrected chi connectivity index (χ0v) is 10.4. The Morgan fingerprint density at radius 1 is 1.17 bits per heavy atom. The molecule has 1 fully saturated rings. The Hall–Kier alpha value is -1.88. The fraction of sp³-hybridized carbons (Fsp3) is 0.385. The van der Waals surface area contributed by atoms with Crippen molar-refractivity contribution < 1.29 is 9.59 Å². The summed E-state index contributed by atoms with van der Waals surface area (Å²) in [5.74, 6) is -0.0675. The smallest absolute Gasteiger partial charge is 0.253 e. The largest absolute Gasteiger partial charge is 0.336 e. The number of carbonyl (C=O) groups is 2. The highest BCUT2D eigenvalue weighted by Gasteiger charge is 2.17. The summed E-state index contributed by atoms with van der Waals surface area (Å²) >= 11 is 0. The monoisotopic (exact) mass is 247 g/mol. The van der Waals surface area contributed by atoms with E-state index in [1.807, 2.05) is 4.90 Å². The van der Waals surface area contributed by atoms with Crippen LogP contribution >= 0.6 is 0 Å². The van der Waals surface area contributed by atoms with Crippen LogP contribution in [0.5, 0.6) is 0 Å². The maximum absolute atomic E-state index is 12.1. The van der Waals surface area contributed by atoms with E-state index in [1.165, 1.54) is 6.92 Å². The molecule has 0 unspecified atom stereocenters. The molecule has 0 aliphatic carbocycles. The highest BCUT2D eigenvalue weighted by Crippen LogP contribution is 2.12. The first-order chi connectivity index (χ1) is 8.66. The van der Waals surface area contributed by atoms with Gasteiger partial charge in [0.15, 0.2) is 0 Å². The van der Waals surface area contributed by atoms with Crippen LogP contribution in [0.15, 0.2) is 24.3 Å². The van der Waals surface area contributed by atoms with Crippen LogP contribution in [-0.4, -0.2) is 42.9 Å². The van der Waals surface area contributed by atoms with Crippen molar-refractivity contribution in [3.8, 4) is 0 Å². The van der Waals surface area contributed by atoms with Crippen molar-refractivity contribution in [2.45, 2.75) is 6.92 Å². The predicted molar refractivity (Wildman–Crippen MR) is 69.5 cm³/mol. The average Bonchev–Trinajstić information content (AvgIpc) is 2.39. The van der Waals surface area contributed by atoms with Gasteiger partial charge in [0.1, 0.15) is 0 Å². The number of hydrogen-bond donors (Lipinski definition) is 2. The number of rotatable bonds is 2. The Labute approximate surface area is 106 Å². The van der Waals surface area contributed by atoms with Gasteiger partial charge in [0.25, 0.3) is 5.91 Å². The summed E-state index contributed by atoms with van der Waals surface area (Å²) in [6, 6.07) is 6.99. The van der Waals surface area contributed by atoms with Crippen LogP contribution in [0.1, 0.15) is 17.3 Å². The van der Waals surface area contributed by atoms with E-state index in [0.717, 1.165) is 26.2 Å². The molecule has 1 aliphatic heterocycles. The second-order valence-corrected chi connectivity index (χ2v) is 4.30. The second kappa shape index (κ2) is 5.64. The highest BCUT2D eigenvalue weighted by atomic mass is 16.2. The van der Waals surface area contributed by atoms with Gasteiger partial charge in [-0.3, -0.25) is 9.59 Å². The first kappa shape index (κ1) is 12.6. The maximum atomic E-state index is 12.1. The van der Waals surface area contributed by atoms with Gasteiger partial charge < -0.3 is 15.5 Å². The molecule has 0 saturated carbocycles. The van der Waals surface area contributed by atoms with Crippen molar-refractivity contribution in [1.29, 1.82) is 0 Å². The van der Waals surface area contributed by atoms with E-state index < -0.39 is 0 Å². The summed E-state index contributed by atoms with van der Waals surface area (Å²) in [6.07, 6.45) is 0. The van der Waals surface area contributed by atoms with E-state index in [9.17, 15) is 9.59 Å². The lowest BCUT2D eigenvalue weighted by molar-refractivity contribution is -0.114. The molecule has 5 nitrogen and oxygen atoms in total. The Balaban J connectivity index is 2.04. The summed E-state index contributed by atoms with van der Waals surface area (Å²) < 4.78 is 0. The molecule has 18 heavy (non-hydrogen) atoms. The number of piperazine rings is 1. The first-order valence-electron chi connectivity index (χ1n) is 6.04. The minimum Gasteiger partial charge on any atom is -0.336 e. The predicted octanol–water partition coefficient (Wildman–Crippen LogP) is 0.690. The standard InChI is InChI=1S/C13H17N3O2/c1-10(17)15-12-4-2-11(3-5-12)13(18)16-8-6-14-7-9-16/h2-5,14H,6-9H2,1H3,(H,15,17). The quantitative estimate of drug-likeness (QED) is 0.808. The van der Waals surface area contributed by atoms with Gasteiger partial charge in [-0.1, -0.05) is 0 Å². The van der Waals surface area contributed by atoms with Crippen LogP contribution in [0.2, 0.25) is 0 Å². The van der Waals surface area contributed by atoms with Gasteiger partial charge in [0.05, 0.1) is 0 Å².